The van der Waals surface area contributed by atoms with Crippen LogP contribution in [0, 0.1) is 18.8 Å². The van der Waals surface area contributed by atoms with Crippen LogP contribution in [0.15, 0.2) is 28.9 Å². The van der Waals surface area contributed by atoms with Crippen LogP contribution in [-0.2, 0) is 4.79 Å². The minimum absolute atomic E-state index is 0.153. The lowest BCUT2D eigenvalue weighted by atomic mass is 9.79. The van der Waals surface area contributed by atoms with Crippen LogP contribution in [0.2, 0.25) is 0 Å². The van der Waals surface area contributed by atoms with Crippen molar-refractivity contribution in [2.24, 2.45) is 11.8 Å². The van der Waals surface area contributed by atoms with Crippen LogP contribution in [0.1, 0.15) is 62.3 Å². The molecule has 1 N–H and O–H groups in total. The third-order valence-corrected chi connectivity index (χ3v) is 6.54. The van der Waals surface area contributed by atoms with Crippen LogP contribution in [0.3, 0.4) is 0 Å². The molecule has 0 aliphatic heterocycles. The number of aryl methyl sites for hydroxylation is 1. The molecule has 31 heavy (non-hydrogen) atoms. The minimum Gasteiger partial charge on any atom is -0.356 e. The highest BCUT2D eigenvalue weighted by molar-refractivity contribution is 5.79. The van der Waals surface area contributed by atoms with Crippen molar-refractivity contribution in [2.75, 3.05) is 25.5 Å². The molecule has 0 bridgehead atoms. The summed E-state index contributed by atoms with van der Waals surface area (Å²) in [6.07, 6.45) is 13.3. The van der Waals surface area contributed by atoms with Gasteiger partial charge < -0.3 is 14.7 Å². The molecular formula is C24H33N5O2. The van der Waals surface area contributed by atoms with Crippen LogP contribution in [0.25, 0.3) is 11.3 Å². The van der Waals surface area contributed by atoms with E-state index in [0.29, 0.717) is 17.8 Å². The van der Waals surface area contributed by atoms with E-state index in [2.05, 4.69) is 27.6 Å². The maximum atomic E-state index is 12.4. The number of hydrogen-bond donors (Lipinski definition) is 1. The Morgan fingerprint density at radius 3 is 2.65 bits per heavy atom. The quantitative estimate of drug-likeness (QED) is 0.699. The van der Waals surface area contributed by atoms with Crippen LogP contribution in [0.4, 0.5) is 5.95 Å². The number of nitrogens with zero attached hydrogens (tertiary/aromatic N) is 4. The van der Waals surface area contributed by atoms with E-state index in [9.17, 15) is 4.79 Å². The number of allylic oxidation sites excluding steroid dienone is 2. The number of carbonyl (C=O) groups is 1. The Morgan fingerprint density at radius 2 is 2.00 bits per heavy atom. The van der Waals surface area contributed by atoms with E-state index in [-0.39, 0.29) is 11.8 Å². The Balaban J connectivity index is 1.40. The van der Waals surface area contributed by atoms with Crippen molar-refractivity contribution in [2.45, 2.75) is 57.8 Å². The number of anilines is 1. The molecule has 2 aromatic heterocycles. The average molecular weight is 424 g/mol. The molecule has 2 aromatic rings. The summed E-state index contributed by atoms with van der Waals surface area (Å²) in [7, 11) is 3.91. The predicted octanol–water partition coefficient (Wildman–Crippen LogP) is 4.25. The Hall–Kier alpha value is -2.70. The molecular weight excluding hydrogens is 390 g/mol. The molecule has 2 aliphatic carbocycles. The van der Waals surface area contributed by atoms with E-state index in [1.807, 2.05) is 38.2 Å². The van der Waals surface area contributed by atoms with Gasteiger partial charge in [-0.15, -0.1) is 0 Å². The zero-order chi connectivity index (χ0) is 21.8. The van der Waals surface area contributed by atoms with Gasteiger partial charge in [-0.25, -0.2) is 9.97 Å². The second kappa shape index (κ2) is 9.62. The summed E-state index contributed by atoms with van der Waals surface area (Å²) < 4.78 is 5.53. The summed E-state index contributed by atoms with van der Waals surface area (Å²) in [5, 5.41) is 7.26. The van der Waals surface area contributed by atoms with E-state index >= 15 is 0 Å². The van der Waals surface area contributed by atoms with Crippen LogP contribution < -0.4 is 10.2 Å². The van der Waals surface area contributed by atoms with Gasteiger partial charge in [0.1, 0.15) is 0 Å². The Kier molecular flexibility index (Phi) is 6.68. The number of carbonyl (C=O) groups excluding carboxylic acids is 1. The summed E-state index contributed by atoms with van der Waals surface area (Å²) in [6.45, 7) is 2.71. The molecule has 0 saturated heterocycles. The van der Waals surface area contributed by atoms with Crippen molar-refractivity contribution in [3.8, 4) is 11.3 Å². The van der Waals surface area contributed by atoms with E-state index in [1.165, 1.54) is 0 Å². The van der Waals surface area contributed by atoms with Crippen LogP contribution in [0.5, 0.6) is 0 Å². The standard InChI is InChI=1S/C24H33N5O2/c1-16-13-21(31-28-16)20-15-26-24(29(2)3)27-22(20)18-11-9-17(10-12-18)14-25-23(30)19-7-5-4-6-8-19/h4-5,13,15,17-19H,6-12,14H2,1-3H3,(H,25,30). The van der Waals surface area contributed by atoms with Crippen molar-refractivity contribution >= 4 is 11.9 Å². The Labute approximate surface area is 184 Å². The van der Waals surface area contributed by atoms with Gasteiger partial charge in [-0.05, 0) is 57.8 Å². The fraction of sp³-hybridized carbons (Fsp3) is 0.583. The van der Waals surface area contributed by atoms with E-state index in [4.69, 9.17) is 9.51 Å². The van der Waals surface area contributed by atoms with Crippen molar-refractivity contribution < 1.29 is 9.32 Å². The number of nitrogens with one attached hydrogen (secondary N) is 1. The largest absolute Gasteiger partial charge is 0.356 e. The van der Waals surface area contributed by atoms with E-state index in [0.717, 1.165) is 74.2 Å². The normalized spacial score (nSPS) is 23.5. The predicted molar refractivity (Wildman–Crippen MR) is 121 cm³/mol. The number of amides is 1. The molecule has 7 heteroatoms. The average Bonchev–Trinajstić information content (AvgIpc) is 3.24. The third-order valence-electron chi connectivity index (χ3n) is 6.54. The van der Waals surface area contributed by atoms with Gasteiger partial charge in [0.25, 0.3) is 0 Å². The lowest BCUT2D eigenvalue weighted by Gasteiger charge is -2.30. The molecule has 4 rings (SSSR count). The lowest BCUT2D eigenvalue weighted by molar-refractivity contribution is -0.125. The van der Waals surface area contributed by atoms with Gasteiger partial charge in [-0.2, -0.15) is 0 Å². The molecule has 166 valence electrons. The summed E-state index contributed by atoms with van der Waals surface area (Å²) in [4.78, 5) is 23.8. The van der Waals surface area contributed by atoms with Gasteiger partial charge in [0.15, 0.2) is 5.76 Å². The van der Waals surface area contributed by atoms with Crippen molar-refractivity contribution in [1.29, 1.82) is 0 Å². The summed E-state index contributed by atoms with van der Waals surface area (Å²) in [6, 6.07) is 1.94. The van der Waals surface area contributed by atoms with E-state index in [1.54, 1.807) is 0 Å². The molecule has 1 amide bonds. The van der Waals surface area contributed by atoms with Gasteiger partial charge in [-0.1, -0.05) is 17.3 Å². The molecule has 2 heterocycles. The van der Waals surface area contributed by atoms with E-state index < -0.39 is 0 Å². The molecule has 1 unspecified atom stereocenters. The summed E-state index contributed by atoms with van der Waals surface area (Å²) in [5.74, 6) is 2.71. The topological polar surface area (TPSA) is 84.2 Å². The SMILES string of the molecule is Cc1cc(-c2cnc(N(C)C)nc2C2CCC(CNC(=O)C3CC=CCC3)CC2)on1. The molecule has 0 aromatic carbocycles. The van der Waals surface area contributed by atoms with Gasteiger partial charge in [-0.3, -0.25) is 4.79 Å². The van der Waals surface area contributed by atoms with Crippen molar-refractivity contribution in [3.63, 3.8) is 0 Å². The van der Waals surface area contributed by atoms with Crippen molar-refractivity contribution in [1.82, 2.24) is 20.4 Å². The molecule has 1 saturated carbocycles. The smallest absolute Gasteiger partial charge is 0.225 e. The molecule has 1 atom stereocenters. The molecule has 0 spiro atoms. The first-order valence-corrected chi connectivity index (χ1v) is 11.4. The zero-order valence-corrected chi connectivity index (χ0v) is 18.8. The fourth-order valence-corrected chi connectivity index (χ4v) is 4.65. The maximum Gasteiger partial charge on any atom is 0.225 e. The monoisotopic (exact) mass is 423 g/mol. The zero-order valence-electron chi connectivity index (χ0n) is 18.8. The summed E-state index contributed by atoms with van der Waals surface area (Å²) in [5.41, 5.74) is 2.84. The van der Waals surface area contributed by atoms with Gasteiger partial charge in [0, 0.05) is 44.7 Å². The molecule has 2 aliphatic rings. The Bertz CT molecular complexity index is 928. The van der Waals surface area contributed by atoms with Crippen molar-refractivity contribution in [3.05, 3.63) is 35.8 Å². The Morgan fingerprint density at radius 1 is 1.19 bits per heavy atom. The van der Waals surface area contributed by atoms with Gasteiger partial charge >= 0.3 is 0 Å². The number of rotatable bonds is 6. The summed E-state index contributed by atoms with van der Waals surface area (Å²) >= 11 is 0. The van der Waals surface area contributed by atoms with Crippen LogP contribution in [-0.4, -0.2) is 41.7 Å². The second-order valence-electron chi connectivity index (χ2n) is 9.14. The van der Waals surface area contributed by atoms with Crippen LogP contribution >= 0.6 is 0 Å². The highest BCUT2D eigenvalue weighted by atomic mass is 16.5. The highest BCUT2D eigenvalue weighted by Crippen LogP contribution is 2.39. The molecule has 1 fully saturated rings. The van der Waals surface area contributed by atoms with Gasteiger partial charge in [0.05, 0.1) is 17.0 Å². The minimum atomic E-state index is 0.153. The maximum absolute atomic E-state index is 12.4. The number of aromatic nitrogens is 3. The highest BCUT2D eigenvalue weighted by Gasteiger charge is 2.28. The molecule has 0 radical (unpaired) electrons. The third kappa shape index (κ3) is 5.14. The second-order valence-corrected chi connectivity index (χ2v) is 9.14. The van der Waals surface area contributed by atoms with Gasteiger partial charge in [0.2, 0.25) is 11.9 Å². The first-order chi connectivity index (χ1) is 15.0. The lowest BCUT2D eigenvalue weighted by Crippen LogP contribution is -2.35. The fourth-order valence-electron chi connectivity index (χ4n) is 4.65. The number of hydrogen-bond acceptors (Lipinski definition) is 6. The first kappa shape index (κ1) is 21.5. The first-order valence-electron chi connectivity index (χ1n) is 11.4. The molecule has 7 nitrogen and oxygen atoms in total.